The molecule has 1 aromatic carbocycles. The van der Waals surface area contributed by atoms with E-state index < -0.39 is 0 Å². The Bertz CT molecular complexity index is 797. The fourth-order valence-corrected chi connectivity index (χ4v) is 5.52. The first kappa shape index (κ1) is 18.1. The Morgan fingerprint density at radius 2 is 1.79 bits per heavy atom. The minimum absolute atomic E-state index is 0.0827. The maximum absolute atomic E-state index is 11.7. The maximum Gasteiger partial charge on any atom is 0.128 e. The van der Waals surface area contributed by atoms with Crippen molar-refractivity contribution < 1.29 is 9.84 Å². The molecule has 5 heteroatoms. The molecule has 0 saturated carbocycles. The third-order valence-corrected chi connectivity index (χ3v) is 6.96. The Kier molecular flexibility index (Phi) is 4.83. The monoisotopic (exact) mass is 379 g/mol. The van der Waals surface area contributed by atoms with Crippen molar-refractivity contribution in [3.63, 3.8) is 0 Å². The van der Waals surface area contributed by atoms with Crippen molar-refractivity contribution in [1.29, 1.82) is 0 Å². The van der Waals surface area contributed by atoms with Gasteiger partial charge in [0.05, 0.1) is 18.8 Å². The van der Waals surface area contributed by atoms with Gasteiger partial charge in [0.1, 0.15) is 5.82 Å². The molecule has 3 heterocycles. The van der Waals surface area contributed by atoms with Gasteiger partial charge in [-0.1, -0.05) is 30.3 Å². The van der Waals surface area contributed by atoms with E-state index in [-0.39, 0.29) is 17.6 Å². The van der Waals surface area contributed by atoms with E-state index in [1.807, 2.05) is 18.3 Å². The molecule has 2 fully saturated rings. The number of rotatable bonds is 2. The summed E-state index contributed by atoms with van der Waals surface area (Å²) in [6.07, 6.45) is 4.45. The highest BCUT2D eigenvalue weighted by Crippen LogP contribution is 2.53. The summed E-state index contributed by atoms with van der Waals surface area (Å²) >= 11 is 0. The molecule has 5 nitrogen and oxygen atoms in total. The van der Waals surface area contributed by atoms with E-state index in [1.165, 1.54) is 11.1 Å². The summed E-state index contributed by atoms with van der Waals surface area (Å²) in [7, 11) is 0. The molecular formula is C23H29N3O2. The van der Waals surface area contributed by atoms with Crippen LogP contribution in [0.15, 0.2) is 48.7 Å². The number of benzene rings is 1. The minimum atomic E-state index is -0.367. The molecule has 1 aromatic heterocycles. The van der Waals surface area contributed by atoms with E-state index in [0.29, 0.717) is 0 Å². The number of hydrogen-bond donors (Lipinski definition) is 1. The molecule has 2 aliphatic heterocycles. The number of fused-ring (bicyclic) bond motifs is 2. The van der Waals surface area contributed by atoms with Crippen LogP contribution in [0.2, 0.25) is 0 Å². The van der Waals surface area contributed by atoms with E-state index in [0.717, 1.165) is 64.5 Å². The average Bonchev–Trinajstić information content (AvgIpc) is 2.93. The number of anilines is 1. The number of ether oxygens (including phenoxy) is 1. The van der Waals surface area contributed by atoms with Crippen molar-refractivity contribution in [3.05, 3.63) is 59.8 Å². The molecule has 1 spiro atoms. The second kappa shape index (κ2) is 7.47. The molecule has 2 atom stereocenters. The zero-order chi connectivity index (χ0) is 19.0. The summed E-state index contributed by atoms with van der Waals surface area (Å²) < 4.78 is 5.67. The Labute approximate surface area is 166 Å². The van der Waals surface area contributed by atoms with Gasteiger partial charge in [-0.3, -0.25) is 4.90 Å². The molecule has 0 unspecified atom stereocenters. The first-order valence-corrected chi connectivity index (χ1v) is 10.5. The van der Waals surface area contributed by atoms with Crippen molar-refractivity contribution in [2.45, 2.75) is 36.8 Å². The molecule has 2 saturated heterocycles. The number of hydrogen-bond acceptors (Lipinski definition) is 5. The molecule has 3 aliphatic rings. The van der Waals surface area contributed by atoms with Crippen LogP contribution < -0.4 is 4.90 Å². The summed E-state index contributed by atoms with van der Waals surface area (Å²) in [5.74, 6) is 1.04. The topological polar surface area (TPSA) is 48.8 Å². The number of piperidine rings is 1. The van der Waals surface area contributed by atoms with Crippen LogP contribution in [0.4, 0.5) is 5.82 Å². The van der Waals surface area contributed by atoms with Crippen LogP contribution in [0.3, 0.4) is 0 Å². The van der Waals surface area contributed by atoms with Gasteiger partial charge < -0.3 is 14.7 Å². The van der Waals surface area contributed by atoms with Crippen LogP contribution >= 0.6 is 0 Å². The van der Waals surface area contributed by atoms with Gasteiger partial charge in [-0.25, -0.2) is 4.98 Å². The SMILES string of the molecule is O[C@H]1[C@H](N2CCCOCC2)c2ccccc2C12CCN(c1ccccn1)CC2. The maximum atomic E-state index is 11.7. The number of aromatic nitrogens is 1. The van der Waals surface area contributed by atoms with Crippen molar-refractivity contribution in [2.24, 2.45) is 0 Å². The van der Waals surface area contributed by atoms with Crippen LogP contribution in [0.5, 0.6) is 0 Å². The second-order valence-corrected chi connectivity index (χ2v) is 8.31. The predicted molar refractivity (Wildman–Crippen MR) is 110 cm³/mol. The van der Waals surface area contributed by atoms with Crippen LogP contribution in [0, 0.1) is 0 Å². The molecule has 0 bridgehead atoms. The molecular weight excluding hydrogens is 350 g/mol. The van der Waals surface area contributed by atoms with Gasteiger partial charge in [0.25, 0.3) is 0 Å². The molecule has 0 amide bonds. The highest BCUT2D eigenvalue weighted by Gasteiger charge is 2.54. The zero-order valence-electron chi connectivity index (χ0n) is 16.3. The minimum Gasteiger partial charge on any atom is -0.390 e. The van der Waals surface area contributed by atoms with Crippen molar-refractivity contribution in [1.82, 2.24) is 9.88 Å². The van der Waals surface area contributed by atoms with Gasteiger partial charge in [0.15, 0.2) is 0 Å². The van der Waals surface area contributed by atoms with Gasteiger partial charge >= 0.3 is 0 Å². The first-order valence-electron chi connectivity index (χ1n) is 10.5. The zero-order valence-corrected chi connectivity index (χ0v) is 16.3. The normalized spacial score (nSPS) is 27.5. The molecule has 28 heavy (non-hydrogen) atoms. The lowest BCUT2D eigenvalue weighted by atomic mass is 9.72. The Hall–Kier alpha value is -1.95. The van der Waals surface area contributed by atoms with Crippen molar-refractivity contribution in [3.8, 4) is 0 Å². The molecule has 148 valence electrons. The molecule has 5 rings (SSSR count). The van der Waals surface area contributed by atoms with Gasteiger partial charge in [0.2, 0.25) is 0 Å². The highest BCUT2D eigenvalue weighted by atomic mass is 16.5. The third-order valence-electron chi connectivity index (χ3n) is 6.96. The standard InChI is InChI=1S/C23H29N3O2/c27-22-21(26-12-5-16-28-17-15-26)18-6-1-2-7-19(18)23(22)9-13-25(14-10-23)20-8-3-4-11-24-20/h1-4,6-8,11,21-22,27H,5,9-10,12-17H2/t21-,22+/m1/s1. The summed E-state index contributed by atoms with van der Waals surface area (Å²) in [6, 6.07) is 14.9. The largest absolute Gasteiger partial charge is 0.390 e. The van der Waals surface area contributed by atoms with E-state index >= 15 is 0 Å². The Morgan fingerprint density at radius 3 is 2.61 bits per heavy atom. The molecule has 1 aliphatic carbocycles. The summed E-state index contributed by atoms with van der Waals surface area (Å²) in [4.78, 5) is 9.33. The second-order valence-electron chi connectivity index (χ2n) is 8.31. The third kappa shape index (κ3) is 2.93. The fourth-order valence-electron chi connectivity index (χ4n) is 5.52. The van der Waals surface area contributed by atoms with Crippen LogP contribution in [0.1, 0.15) is 36.4 Å². The number of aliphatic hydroxyl groups excluding tert-OH is 1. The average molecular weight is 380 g/mol. The first-order chi connectivity index (χ1) is 13.8. The lowest BCUT2D eigenvalue weighted by Gasteiger charge is -2.44. The number of pyridine rings is 1. The van der Waals surface area contributed by atoms with Gasteiger partial charge in [0, 0.05) is 44.4 Å². The van der Waals surface area contributed by atoms with Crippen molar-refractivity contribution >= 4 is 5.82 Å². The Balaban J connectivity index is 1.44. The quantitative estimate of drug-likeness (QED) is 0.870. The van der Waals surface area contributed by atoms with Crippen LogP contribution in [-0.2, 0) is 10.2 Å². The van der Waals surface area contributed by atoms with E-state index in [2.05, 4.69) is 45.1 Å². The van der Waals surface area contributed by atoms with Gasteiger partial charge in [-0.15, -0.1) is 0 Å². The summed E-state index contributed by atoms with van der Waals surface area (Å²) in [6.45, 7) is 5.33. The fraction of sp³-hybridized carbons (Fsp3) is 0.522. The summed E-state index contributed by atoms with van der Waals surface area (Å²) in [5.41, 5.74) is 2.53. The Morgan fingerprint density at radius 1 is 0.964 bits per heavy atom. The van der Waals surface area contributed by atoms with Crippen molar-refractivity contribution in [2.75, 3.05) is 44.3 Å². The van der Waals surface area contributed by atoms with Gasteiger partial charge in [-0.2, -0.15) is 0 Å². The molecule has 2 aromatic rings. The van der Waals surface area contributed by atoms with Gasteiger partial charge in [-0.05, 0) is 42.5 Å². The smallest absolute Gasteiger partial charge is 0.128 e. The number of nitrogens with zero attached hydrogens (tertiary/aromatic N) is 3. The predicted octanol–water partition coefficient (Wildman–Crippen LogP) is 2.76. The van der Waals surface area contributed by atoms with Crippen LogP contribution in [0.25, 0.3) is 0 Å². The van der Waals surface area contributed by atoms with E-state index in [1.54, 1.807) is 0 Å². The summed E-state index contributed by atoms with van der Waals surface area (Å²) in [5, 5.41) is 11.7. The lowest BCUT2D eigenvalue weighted by Crippen LogP contribution is -2.50. The number of aliphatic hydroxyl groups is 1. The lowest BCUT2D eigenvalue weighted by molar-refractivity contribution is -0.000397. The molecule has 0 radical (unpaired) electrons. The highest BCUT2D eigenvalue weighted by molar-refractivity contribution is 5.48. The van der Waals surface area contributed by atoms with Crippen LogP contribution in [-0.4, -0.2) is 60.5 Å². The van der Waals surface area contributed by atoms with E-state index in [9.17, 15) is 5.11 Å². The van der Waals surface area contributed by atoms with E-state index in [4.69, 9.17) is 4.74 Å². The molecule has 1 N–H and O–H groups in total.